The van der Waals surface area contributed by atoms with Crippen LogP contribution < -0.4 is 4.74 Å². The van der Waals surface area contributed by atoms with Gasteiger partial charge in [0.2, 0.25) is 5.91 Å². The molecule has 1 unspecified atom stereocenters. The van der Waals surface area contributed by atoms with E-state index in [1.165, 1.54) is 0 Å². The van der Waals surface area contributed by atoms with Crippen molar-refractivity contribution in [3.05, 3.63) is 35.7 Å². The van der Waals surface area contributed by atoms with Crippen molar-refractivity contribution < 1.29 is 14.3 Å². The SMILES string of the molecule is COC1(COc2cccc(C)c2)CCN(C(=O)CCn2nnnc2C)C1. The second-order valence-electron chi connectivity index (χ2n) is 6.76. The summed E-state index contributed by atoms with van der Waals surface area (Å²) in [5, 5.41) is 11.3. The lowest BCUT2D eigenvalue weighted by Gasteiger charge is -2.28. The van der Waals surface area contributed by atoms with Gasteiger partial charge in [-0.05, 0) is 48.4 Å². The van der Waals surface area contributed by atoms with Crippen LogP contribution in [0, 0.1) is 13.8 Å². The number of carbonyl (C=O) groups excluding carboxylic acids is 1. The zero-order valence-electron chi connectivity index (χ0n) is 15.5. The minimum atomic E-state index is -0.468. The fourth-order valence-corrected chi connectivity index (χ4v) is 3.14. The van der Waals surface area contributed by atoms with Gasteiger partial charge in [0.25, 0.3) is 0 Å². The summed E-state index contributed by atoms with van der Waals surface area (Å²) in [6.07, 6.45) is 1.12. The van der Waals surface area contributed by atoms with Gasteiger partial charge in [-0.1, -0.05) is 12.1 Å². The lowest BCUT2D eigenvalue weighted by molar-refractivity contribution is -0.132. The molecule has 8 heteroatoms. The number of aromatic nitrogens is 4. The van der Waals surface area contributed by atoms with Crippen molar-refractivity contribution in [2.45, 2.75) is 38.8 Å². The van der Waals surface area contributed by atoms with Crippen LogP contribution in [0.4, 0.5) is 0 Å². The van der Waals surface area contributed by atoms with E-state index in [4.69, 9.17) is 9.47 Å². The average molecular weight is 359 g/mol. The predicted molar refractivity (Wildman–Crippen MR) is 94.8 cm³/mol. The van der Waals surface area contributed by atoms with Crippen molar-refractivity contribution >= 4 is 5.91 Å². The van der Waals surface area contributed by atoms with Crippen LogP contribution in [0.3, 0.4) is 0 Å². The van der Waals surface area contributed by atoms with Crippen LogP contribution >= 0.6 is 0 Å². The van der Waals surface area contributed by atoms with E-state index in [9.17, 15) is 4.79 Å². The van der Waals surface area contributed by atoms with Crippen LogP contribution in [0.25, 0.3) is 0 Å². The van der Waals surface area contributed by atoms with E-state index in [2.05, 4.69) is 15.5 Å². The van der Waals surface area contributed by atoms with E-state index >= 15 is 0 Å². The lowest BCUT2D eigenvalue weighted by Crippen LogP contribution is -2.42. The van der Waals surface area contributed by atoms with E-state index in [0.717, 1.165) is 17.7 Å². The van der Waals surface area contributed by atoms with Gasteiger partial charge in [0.15, 0.2) is 0 Å². The molecule has 1 aliphatic heterocycles. The minimum Gasteiger partial charge on any atom is -0.491 e. The third kappa shape index (κ3) is 4.19. The fourth-order valence-electron chi connectivity index (χ4n) is 3.14. The lowest BCUT2D eigenvalue weighted by atomic mass is 10.0. The van der Waals surface area contributed by atoms with Crippen molar-refractivity contribution in [2.24, 2.45) is 0 Å². The molecule has 0 radical (unpaired) electrons. The van der Waals surface area contributed by atoms with Crippen LogP contribution in [-0.2, 0) is 16.1 Å². The van der Waals surface area contributed by atoms with Crippen LogP contribution in [0.1, 0.15) is 24.2 Å². The van der Waals surface area contributed by atoms with Crippen molar-refractivity contribution in [2.75, 3.05) is 26.8 Å². The molecule has 1 atom stereocenters. The van der Waals surface area contributed by atoms with Crippen LogP contribution in [0.5, 0.6) is 5.75 Å². The summed E-state index contributed by atoms with van der Waals surface area (Å²) in [7, 11) is 1.68. The van der Waals surface area contributed by atoms with E-state index in [1.807, 2.05) is 43.0 Å². The first kappa shape index (κ1) is 18.3. The third-order valence-corrected chi connectivity index (χ3v) is 4.84. The molecular formula is C18H25N5O3. The van der Waals surface area contributed by atoms with Crippen LogP contribution in [0.2, 0.25) is 0 Å². The fraction of sp³-hybridized carbons (Fsp3) is 0.556. The summed E-state index contributed by atoms with van der Waals surface area (Å²) < 4.78 is 13.3. The monoisotopic (exact) mass is 359 g/mol. The Morgan fingerprint density at radius 3 is 2.88 bits per heavy atom. The van der Waals surface area contributed by atoms with Gasteiger partial charge in [0.1, 0.15) is 23.8 Å². The van der Waals surface area contributed by atoms with Gasteiger partial charge in [-0.3, -0.25) is 4.79 Å². The van der Waals surface area contributed by atoms with Gasteiger partial charge in [0, 0.05) is 20.1 Å². The van der Waals surface area contributed by atoms with E-state index in [-0.39, 0.29) is 5.91 Å². The first-order valence-corrected chi connectivity index (χ1v) is 8.76. The first-order chi connectivity index (χ1) is 12.5. The highest BCUT2D eigenvalue weighted by molar-refractivity contribution is 5.76. The Bertz CT molecular complexity index is 763. The van der Waals surface area contributed by atoms with Crippen molar-refractivity contribution in [1.29, 1.82) is 0 Å². The number of ether oxygens (including phenoxy) is 2. The number of rotatable bonds is 7. The van der Waals surface area contributed by atoms with Crippen molar-refractivity contribution in [3.8, 4) is 5.75 Å². The van der Waals surface area contributed by atoms with E-state index in [1.54, 1.807) is 11.8 Å². The quantitative estimate of drug-likeness (QED) is 0.743. The summed E-state index contributed by atoms with van der Waals surface area (Å²) in [5.41, 5.74) is 0.680. The Hall–Kier alpha value is -2.48. The molecule has 8 nitrogen and oxygen atoms in total. The summed E-state index contributed by atoms with van der Waals surface area (Å²) in [6, 6.07) is 7.93. The second kappa shape index (κ2) is 7.82. The molecule has 1 aliphatic rings. The van der Waals surface area contributed by atoms with Gasteiger partial charge in [-0.25, -0.2) is 4.68 Å². The number of benzene rings is 1. The van der Waals surface area contributed by atoms with Gasteiger partial charge in [-0.2, -0.15) is 0 Å². The molecule has 1 amide bonds. The second-order valence-corrected chi connectivity index (χ2v) is 6.76. The topological polar surface area (TPSA) is 82.4 Å². The Morgan fingerprint density at radius 2 is 2.19 bits per heavy atom. The first-order valence-electron chi connectivity index (χ1n) is 8.76. The summed E-state index contributed by atoms with van der Waals surface area (Å²) in [4.78, 5) is 14.4. The predicted octanol–water partition coefficient (Wildman–Crippen LogP) is 1.38. The maximum atomic E-state index is 12.5. The van der Waals surface area contributed by atoms with Gasteiger partial charge < -0.3 is 14.4 Å². The molecule has 2 heterocycles. The Morgan fingerprint density at radius 1 is 1.35 bits per heavy atom. The number of hydrogen-bond donors (Lipinski definition) is 0. The van der Waals surface area contributed by atoms with Crippen LogP contribution in [0.15, 0.2) is 24.3 Å². The van der Waals surface area contributed by atoms with Gasteiger partial charge in [-0.15, -0.1) is 5.10 Å². The standard InChI is InChI=1S/C18H25N5O3/c1-14-5-4-6-16(11-14)26-13-18(25-3)8-10-22(12-18)17(24)7-9-23-15(2)19-20-21-23/h4-6,11H,7-10,12-13H2,1-3H3. The van der Waals surface area contributed by atoms with Gasteiger partial charge in [0.05, 0.1) is 13.1 Å². The highest BCUT2D eigenvalue weighted by Crippen LogP contribution is 2.27. The molecule has 140 valence electrons. The minimum absolute atomic E-state index is 0.0781. The molecule has 1 aromatic carbocycles. The number of likely N-dealkylation sites (tertiary alicyclic amines) is 1. The van der Waals surface area contributed by atoms with Crippen LogP contribution in [-0.4, -0.2) is 63.4 Å². The van der Waals surface area contributed by atoms with E-state index in [0.29, 0.717) is 38.5 Å². The largest absolute Gasteiger partial charge is 0.491 e. The highest BCUT2D eigenvalue weighted by atomic mass is 16.5. The third-order valence-electron chi connectivity index (χ3n) is 4.84. The number of methoxy groups -OCH3 is 1. The van der Waals surface area contributed by atoms with Gasteiger partial charge >= 0.3 is 0 Å². The van der Waals surface area contributed by atoms with Crippen molar-refractivity contribution in [1.82, 2.24) is 25.1 Å². The number of tetrazole rings is 1. The number of carbonyl (C=O) groups is 1. The molecular weight excluding hydrogens is 334 g/mol. The molecule has 0 spiro atoms. The Kier molecular flexibility index (Phi) is 5.51. The molecule has 26 heavy (non-hydrogen) atoms. The molecule has 0 saturated carbocycles. The normalized spacial score (nSPS) is 19.7. The molecule has 0 aliphatic carbocycles. The number of hydrogen-bond acceptors (Lipinski definition) is 6. The maximum absolute atomic E-state index is 12.5. The number of aryl methyl sites for hydroxylation is 3. The highest BCUT2D eigenvalue weighted by Gasteiger charge is 2.41. The average Bonchev–Trinajstić information content (AvgIpc) is 3.25. The number of amides is 1. The maximum Gasteiger partial charge on any atom is 0.224 e. The molecule has 0 N–H and O–H groups in total. The molecule has 1 aromatic heterocycles. The molecule has 2 aromatic rings. The Balaban J connectivity index is 1.54. The zero-order chi connectivity index (χ0) is 18.6. The molecule has 0 bridgehead atoms. The molecule has 3 rings (SSSR count). The summed E-state index contributed by atoms with van der Waals surface area (Å²) in [5.74, 6) is 1.60. The van der Waals surface area contributed by atoms with Crippen molar-refractivity contribution in [3.63, 3.8) is 0 Å². The Labute approximate surface area is 153 Å². The molecule has 1 fully saturated rings. The molecule has 1 saturated heterocycles. The summed E-state index contributed by atoms with van der Waals surface area (Å²) >= 11 is 0. The zero-order valence-corrected chi connectivity index (χ0v) is 15.5. The smallest absolute Gasteiger partial charge is 0.224 e. The van der Waals surface area contributed by atoms with E-state index < -0.39 is 5.60 Å². The number of nitrogens with zero attached hydrogens (tertiary/aromatic N) is 5. The summed E-state index contributed by atoms with van der Waals surface area (Å²) in [6.45, 7) is 5.94.